The smallest absolute Gasteiger partial charge is 0.356 e. The lowest BCUT2D eigenvalue weighted by Gasteiger charge is -2.25. The second-order valence-corrected chi connectivity index (χ2v) is 8.72. The summed E-state index contributed by atoms with van der Waals surface area (Å²) in [6.45, 7) is 5.69. The predicted molar refractivity (Wildman–Crippen MR) is 111 cm³/mol. The van der Waals surface area contributed by atoms with Crippen LogP contribution in [-0.2, 0) is 6.54 Å². The maximum absolute atomic E-state index is 13.2. The van der Waals surface area contributed by atoms with Crippen LogP contribution < -0.4 is 16.2 Å². The van der Waals surface area contributed by atoms with Crippen LogP contribution in [0.15, 0.2) is 29.1 Å². The maximum atomic E-state index is 13.2. The number of anilines is 1. The summed E-state index contributed by atoms with van der Waals surface area (Å²) in [5.74, 6) is -0.374. The van der Waals surface area contributed by atoms with Gasteiger partial charge < -0.3 is 15.6 Å². The first-order chi connectivity index (χ1) is 14.3. The summed E-state index contributed by atoms with van der Waals surface area (Å²) >= 11 is 0. The fourth-order valence-electron chi connectivity index (χ4n) is 3.71. The highest BCUT2D eigenvalue weighted by molar-refractivity contribution is 6.01. The Morgan fingerprint density at radius 2 is 1.87 bits per heavy atom. The van der Waals surface area contributed by atoms with Gasteiger partial charge in [0.2, 0.25) is 5.95 Å². The first-order valence-corrected chi connectivity index (χ1v) is 9.77. The zero-order chi connectivity index (χ0) is 22.7. The maximum Gasteiger partial charge on any atom is 0.406 e. The van der Waals surface area contributed by atoms with Crippen LogP contribution in [0.2, 0.25) is 0 Å². The average Bonchev–Trinajstić information content (AvgIpc) is 3.17. The molecule has 0 spiro atoms. The van der Waals surface area contributed by atoms with Gasteiger partial charge in [0.1, 0.15) is 6.54 Å². The molecule has 0 fully saturated rings. The highest BCUT2D eigenvalue weighted by atomic mass is 19.4. The number of nitrogens with zero attached hydrogens (tertiary/aromatic N) is 2. The highest BCUT2D eigenvalue weighted by Gasteiger charge is 2.32. The Balaban J connectivity index is 1.96. The molecule has 0 saturated carbocycles. The van der Waals surface area contributed by atoms with Crippen LogP contribution in [0.4, 0.5) is 19.1 Å². The van der Waals surface area contributed by atoms with E-state index in [1.54, 1.807) is 39.0 Å². The average molecular weight is 433 g/mol. The van der Waals surface area contributed by atoms with Gasteiger partial charge in [-0.05, 0) is 39.8 Å². The van der Waals surface area contributed by atoms with Crippen molar-refractivity contribution in [1.29, 1.82) is 0 Å². The largest absolute Gasteiger partial charge is 0.406 e. The third-order valence-corrected chi connectivity index (χ3v) is 4.97. The van der Waals surface area contributed by atoms with E-state index < -0.39 is 23.8 Å². The van der Waals surface area contributed by atoms with Crippen molar-refractivity contribution in [3.05, 3.63) is 45.9 Å². The second-order valence-electron chi connectivity index (χ2n) is 8.72. The molecular weight excluding hydrogens is 411 g/mol. The zero-order valence-corrected chi connectivity index (χ0v) is 17.4. The number of hydrogen-bond donors (Lipinski definition) is 3. The van der Waals surface area contributed by atoms with Crippen molar-refractivity contribution in [3.63, 3.8) is 0 Å². The molecule has 0 saturated heterocycles. The van der Waals surface area contributed by atoms with Crippen molar-refractivity contribution in [1.82, 2.24) is 19.9 Å². The van der Waals surface area contributed by atoms with Crippen molar-refractivity contribution < 1.29 is 18.0 Å². The number of para-hydroxylation sites is 1. The van der Waals surface area contributed by atoms with Crippen molar-refractivity contribution in [2.75, 3.05) is 5.32 Å². The summed E-state index contributed by atoms with van der Waals surface area (Å²) in [7, 11) is 0. The number of aromatic amines is 1. The molecular formula is C21H22F3N5O2. The van der Waals surface area contributed by atoms with Gasteiger partial charge in [-0.3, -0.25) is 14.2 Å². The number of H-pyrrole nitrogens is 1. The Kier molecular flexibility index (Phi) is 4.64. The normalized spacial score (nSPS) is 16.5. The van der Waals surface area contributed by atoms with Crippen molar-refractivity contribution in [3.8, 4) is 11.3 Å². The molecule has 10 heteroatoms. The Morgan fingerprint density at radius 1 is 1.16 bits per heavy atom. The Morgan fingerprint density at radius 3 is 2.48 bits per heavy atom. The van der Waals surface area contributed by atoms with Gasteiger partial charge in [-0.1, -0.05) is 12.1 Å². The fourth-order valence-corrected chi connectivity index (χ4v) is 3.71. The summed E-state index contributed by atoms with van der Waals surface area (Å²) < 4.78 is 40.2. The molecule has 1 atom stereocenters. The molecule has 3 N–H and O–H groups in total. The quantitative estimate of drug-likeness (QED) is 0.583. The van der Waals surface area contributed by atoms with E-state index in [1.165, 1.54) is 6.07 Å². The fraction of sp³-hybridized carbons (Fsp3) is 0.381. The predicted octanol–water partition coefficient (Wildman–Crippen LogP) is 3.97. The van der Waals surface area contributed by atoms with Crippen LogP contribution >= 0.6 is 0 Å². The summed E-state index contributed by atoms with van der Waals surface area (Å²) in [6.07, 6.45) is -4.59. The third-order valence-electron chi connectivity index (χ3n) is 4.97. The van der Waals surface area contributed by atoms with Crippen LogP contribution in [0.3, 0.4) is 0 Å². The SMILES string of the molecule is CC1NC(=O)c2cc(-c3cccc4c(=O)n(CC(F)(F)F)c(NC(C)(C)C)nc34)[nH]c21. The number of benzene rings is 1. The summed E-state index contributed by atoms with van der Waals surface area (Å²) in [6, 6.07) is 6.23. The van der Waals surface area contributed by atoms with Crippen molar-refractivity contribution in [2.45, 2.75) is 52.0 Å². The number of rotatable bonds is 3. The lowest BCUT2D eigenvalue weighted by molar-refractivity contribution is -0.140. The third kappa shape index (κ3) is 3.89. The van der Waals surface area contributed by atoms with Gasteiger partial charge >= 0.3 is 6.18 Å². The number of alkyl halides is 3. The minimum Gasteiger partial charge on any atom is -0.356 e. The molecule has 1 aliphatic rings. The number of amides is 1. The summed E-state index contributed by atoms with van der Waals surface area (Å²) in [5.41, 5.74) is 1.15. The van der Waals surface area contributed by atoms with E-state index in [0.717, 1.165) is 5.69 Å². The molecule has 164 valence electrons. The van der Waals surface area contributed by atoms with Gasteiger partial charge in [0, 0.05) is 16.8 Å². The van der Waals surface area contributed by atoms with Gasteiger partial charge in [0.25, 0.3) is 11.5 Å². The lowest BCUT2D eigenvalue weighted by Crippen LogP contribution is -2.36. The number of hydrogen-bond acceptors (Lipinski definition) is 4. The highest BCUT2D eigenvalue weighted by Crippen LogP contribution is 2.33. The molecule has 0 bridgehead atoms. The number of carbonyl (C=O) groups excluding carboxylic acids is 1. The Labute approximate surface area is 175 Å². The number of nitrogens with one attached hydrogen (secondary N) is 3. The minimum atomic E-state index is -4.59. The first-order valence-electron chi connectivity index (χ1n) is 9.77. The molecule has 1 unspecified atom stereocenters. The number of aromatic nitrogens is 3. The molecule has 3 heterocycles. The zero-order valence-electron chi connectivity index (χ0n) is 17.4. The van der Waals surface area contributed by atoms with Gasteiger partial charge in [-0.2, -0.15) is 13.2 Å². The van der Waals surface area contributed by atoms with Crippen LogP contribution in [0, 0.1) is 0 Å². The molecule has 7 nitrogen and oxygen atoms in total. The number of carbonyl (C=O) groups is 1. The van der Waals surface area contributed by atoms with E-state index in [1.807, 2.05) is 6.92 Å². The van der Waals surface area contributed by atoms with E-state index in [0.29, 0.717) is 21.4 Å². The van der Waals surface area contributed by atoms with Crippen molar-refractivity contribution >= 4 is 22.8 Å². The van der Waals surface area contributed by atoms with E-state index in [2.05, 4.69) is 20.6 Å². The molecule has 31 heavy (non-hydrogen) atoms. The van der Waals surface area contributed by atoms with E-state index in [-0.39, 0.29) is 28.8 Å². The second kappa shape index (κ2) is 6.86. The first kappa shape index (κ1) is 21.0. The van der Waals surface area contributed by atoms with Gasteiger partial charge in [-0.15, -0.1) is 0 Å². The van der Waals surface area contributed by atoms with Crippen LogP contribution in [0.1, 0.15) is 49.8 Å². The lowest BCUT2D eigenvalue weighted by atomic mass is 10.1. The molecule has 1 aliphatic heterocycles. The minimum absolute atomic E-state index is 0.0634. The van der Waals surface area contributed by atoms with Crippen LogP contribution in [0.25, 0.3) is 22.2 Å². The van der Waals surface area contributed by atoms with E-state index in [4.69, 9.17) is 0 Å². The topological polar surface area (TPSA) is 91.8 Å². The molecule has 0 radical (unpaired) electrons. The Bertz CT molecular complexity index is 1250. The van der Waals surface area contributed by atoms with Crippen molar-refractivity contribution in [2.24, 2.45) is 0 Å². The summed E-state index contributed by atoms with van der Waals surface area (Å²) in [4.78, 5) is 32.8. The molecule has 1 aromatic carbocycles. The molecule has 3 aromatic rings. The van der Waals surface area contributed by atoms with Gasteiger partial charge in [0.15, 0.2) is 0 Å². The molecule has 1 amide bonds. The Hall–Kier alpha value is -3.30. The summed E-state index contributed by atoms with van der Waals surface area (Å²) in [5, 5.41) is 5.77. The monoisotopic (exact) mass is 433 g/mol. The van der Waals surface area contributed by atoms with Gasteiger partial charge in [-0.25, -0.2) is 4.98 Å². The number of halogens is 3. The molecule has 0 aliphatic carbocycles. The van der Waals surface area contributed by atoms with Crippen LogP contribution in [0.5, 0.6) is 0 Å². The van der Waals surface area contributed by atoms with Gasteiger partial charge in [0.05, 0.1) is 28.2 Å². The van der Waals surface area contributed by atoms with Crippen LogP contribution in [-0.4, -0.2) is 32.2 Å². The van der Waals surface area contributed by atoms with E-state index in [9.17, 15) is 22.8 Å². The standard InChI is InChI=1S/C21H22F3N5O2/c1-10-15-13(17(30)25-10)8-14(26-15)11-6-5-7-12-16(11)27-19(28-20(2,3)4)29(18(12)31)9-21(22,23)24/h5-8,10,26H,9H2,1-4H3,(H,25,30)(H,27,28). The van der Waals surface area contributed by atoms with E-state index >= 15 is 0 Å². The molecule has 4 rings (SSSR count). The molecule has 2 aromatic heterocycles. The number of fused-ring (bicyclic) bond motifs is 2.